The molecule has 136 valence electrons. The van der Waals surface area contributed by atoms with Gasteiger partial charge in [0.1, 0.15) is 5.82 Å². The predicted molar refractivity (Wildman–Crippen MR) is 100 cm³/mol. The molecule has 6 nitrogen and oxygen atoms in total. The molecule has 0 unspecified atom stereocenters. The van der Waals surface area contributed by atoms with Crippen LogP contribution in [-0.4, -0.2) is 25.6 Å². The number of rotatable bonds is 5. The van der Waals surface area contributed by atoms with E-state index >= 15 is 0 Å². The van der Waals surface area contributed by atoms with Crippen molar-refractivity contribution in [3.8, 4) is 0 Å². The van der Waals surface area contributed by atoms with Gasteiger partial charge in [-0.15, -0.1) is 0 Å². The van der Waals surface area contributed by atoms with Crippen LogP contribution in [0.5, 0.6) is 0 Å². The maximum atomic E-state index is 13.5. The van der Waals surface area contributed by atoms with E-state index in [1.165, 1.54) is 12.1 Å². The highest BCUT2D eigenvalue weighted by Crippen LogP contribution is 2.24. The first kappa shape index (κ1) is 17.9. The van der Waals surface area contributed by atoms with E-state index in [-0.39, 0.29) is 18.1 Å². The molecule has 0 aliphatic heterocycles. The van der Waals surface area contributed by atoms with Crippen molar-refractivity contribution < 1.29 is 17.6 Å². The predicted octanol–water partition coefficient (Wildman–Crippen LogP) is 3.17. The lowest BCUT2D eigenvalue weighted by Gasteiger charge is -2.08. The van der Waals surface area contributed by atoms with E-state index < -0.39 is 10.0 Å². The largest absolute Gasteiger partial charge is 0.358 e. The third-order valence-corrected chi connectivity index (χ3v) is 4.50. The van der Waals surface area contributed by atoms with Crippen molar-refractivity contribution in [2.75, 3.05) is 16.3 Å². The minimum atomic E-state index is -3.35. The Hall–Kier alpha value is -2.87. The number of aromatic amines is 1. The maximum Gasteiger partial charge on any atom is 0.229 e. The van der Waals surface area contributed by atoms with Crippen LogP contribution >= 0.6 is 0 Å². The van der Waals surface area contributed by atoms with E-state index in [4.69, 9.17) is 0 Å². The molecule has 1 aromatic heterocycles. The molecule has 3 rings (SSSR count). The number of aryl methyl sites for hydroxylation is 1. The summed E-state index contributed by atoms with van der Waals surface area (Å²) in [6.45, 7) is 1.84. The second-order valence-electron chi connectivity index (χ2n) is 6.09. The lowest BCUT2D eigenvalue weighted by atomic mass is 10.1. The fraction of sp³-hybridized carbons (Fsp3) is 0.167. The summed E-state index contributed by atoms with van der Waals surface area (Å²) in [5, 5.41) is 3.44. The maximum absolute atomic E-state index is 13.5. The van der Waals surface area contributed by atoms with Crippen molar-refractivity contribution >= 4 is 38.2 Å². The Morgan fingerprint density at radius 3 is 2.42 bits per heavy atom. The fourth-order valence-corrected chi connectivity index (χ4v) is 3.35. The zero-order valence-electron chi connectivity index (χ0n) is 14.3. The minimum Gasteiger partial charge on any atom is -0.358 e. The molecule has 1 heterocycles. The van der Waals surface area contributed by atoms with Gasteiger partial charge < -0.3 is 10.3 Å². The quantitative estimate of drug-likeness (QED) is 0.640. The van der Waals surface area contributed by atoms with Gasteiger partial charge in [0, 0.05) is 28.0 Å². The number of benzene rings is 2. The fourth-order valence-electron chi connectivity index (χ4n) is 2.78. The van der Waals surface area contributed by atoms with Gasteiger partial charge in [0.05, 0.1) is 12.7 Å². The topological polar surface area (TPSA) is 91.1 Å². The van der Waals surface area contributed by atoms with Gasteiger partial charge in [0.25, 0.3) is 0 Å². The number of aromatic nitrogens is 1. The summed E-state index contributed by atoms with van der Waals surface area (Å²) in [5.41, 5.74) is 3.29. The van der Waals surface area contributed by atoms with Crippen molar-refractivity contribution in [1.29, 1.82) is 0 Å². The number of fused-ring (bicyclic) bond motifs is 1. The Kier molecular flexibility index (Phi) is 4.69. The highest BCUT2D eigenvalue weighted by Gasteiger charge is 2.13. The van der Waals surface area contributed by atoms with Gasteiger partial charge >= 0.3 is 0 Å². The van der Waals surface area contributed by atoms with Gasteiger partial charge in [0.15, 0.2) is 0 Å². The lowest BCUT2D eigenvalue weighted by molar-refractivity contribution is -0.115. The van der Waals surface area contributed by atoms with Crippen LogP contribution in [0.25, 0.3) is 10.9 Å². The summed E-state index contributed by atoms with van der Waals surface area (Å²) in [4.78, 5) is 15.5. The standard InChI is InChI=1S/C18H18FN3O3S/c1-11-15(16-9-12(19)3-8-17(16)20-11)10-18(23)21-13-4-6-14(7-5-13)22-26(2,24)25/h3-9,20,22H,10H2,1-2H3,(H,21,23). The monoisotopic (exact) mass is 375 g/mol. The first-order chi connectivity index (χ1) is 12.2. The third kappa shape index (κ3) is 4.20. The first-order valence-electron chi connectivity index (χ1n) is 7.86. The smallest absolute Gasteiger partial charge is 0.229 e. The Morgan fingerprint density at radius 1 is 1.12 bits per heavy atom. The summed E-state index contributed by atoms with van der Waals surface area (Å²) in [7, 11) is -3.35. The number of H-pyrrole nitrogens is 1. The van der Waals surface area contributed by atoms with Gasteiger partial charge in [-0.25, -0.2) is 12.8 Å². The van der Waals surface area contributed by atoms with Crippen molar-refractivity contribution in [2.45, 2.75) is 13.3 Å². The Morgan fingerprint density at radius 2 is 1.77 bits per heavy atom. The molecule has 8 heteroatoms. The van der Waals surface area contributed by atoms with Crippen molar-refractivity contribution in [2.24, 2.45) is 0 Å². The molecule has 0 bridgehead atoms. The number of anilines is 2. The molecule has 0 saturated carbocycles. The summed E-state index contributed by atoms with van der Waals surface area (Å²) in [5.74, 6) is -0.603. The Labute approximate surface area is 150 Å². The van der Waals surface area contributed by atoms with Crippen LogP contribution in [0.4, 0.5) is 15.8 Å². The van der Waals surface area contributed by atoms with Gasteiger partial charge in [-0.3, -0.25) is 9.52 Å². The number of hydrogen-bond donors (Lipinski definition) is 3. The number of nitrogens with one attached hydrogen (secondary N) is 3. The van der Waals surface area contributed by atoms with Crippen LogP contribution in [0.15, 0.2) is 42.5 Å². The number of sulfonamides is 1. The average Bonchev–Trinajstić information content (AvgIpc) is 2.83. The van der Waals surface area contributed by atoms with Gasteiger partial charge in [0.2, 0.25) is 15.9 Å². The van der Waals surface area contributed by atoms with Crippen LogP contribution in [0.2, 0.25) is 0 Å². The van der Waals surface area contributed by atoms with Crippen LogP contribution in [0.3, 0.4) is 0 Å². The van der Waals surface area contributed by atoms with Gasteiger partial charge in [-0.1, -0.05) is 0 Å². The molecular weight excluding hydrogens is 357 g/mol. The molecule has 0 radical (unpaired) electrons. The van der Waals surface area contributed by atoms with E-state index in [0.717, 1.165) is 23.0 Å². The molecule has 0 atom stereocenters. The third-order valence-electron chi connectivity index (χ3n) is 3.89. The van der Waals surface area contributed by atoms with E-state index in [0.29, 0.717) is 16.8 Å². The molecule has 0 aliphatic carbocycles. The average molecular weight is 375 g/mol. The molecule has 0 spiro atoms. The Bertz CT molecular complexity index is 1070. The van der Waals surface area contributed by atoms with E-state index in [1.807, 2.05) is 6.92 Å². The van der Waals surface area contributed by atoms with E-state index in [1.54, 1.807) is 30.3 Å². The lowest BCUT2D eigenvalue weighted by Crippen LogP contribution is -2.15. The van der Waals surface area contributed by atoms with Crippen molar-refractivity contribution in [1.82, 2.24) is 4.98 Å². The normalized spacial score (nSPS) is 11.5. The van der Waals surface area contributed by atoms with E-state index in [9.17, 15) is 17.6 Å². The highest BCUT2D eigenvalue weighted by molar-refractivity contribution is 7.92. The van der Waals surface area contributed by atoms with Crippen LogP contribution < -0.4 is 10.0 Å². The van der Waals surface area contributed by atoms with Crippen molar-refractivity contribution in [3.63, 3.8) is 0 Å². The molecule has 0 aliphatic rings. The van der Waals surface area contributed by atoms with Crippen molar-refractivity contribution in [3.05, 3.63) is 59.5 Å². The number of amides is 1. The summed E-state index contributed by atoms with van der Waals surface area (Å²) < 4.78 is 38.2. The van der Waals surface area contributed by atoms with Gasteiger partial charge in [-0.2, -0.15) is 0 Å². The first-order valence-corrected chi connectivity index (χ1v) is 9.75. The Balaban J connectivity index is 1.73. The number of hydrogen-bond acceptors (Lipinski definition) is 3. The molecule has 3 N–H and O–H groups in total. The summed E-state index contributed by atoms with van der Waals surface area (Å²) in [6.07, 6.45) is 1.16. The second kappa shape index (κ2) is 6.80. The molecular formula is C18H18FN3O3S. The summed E-state index contributed by atoms with van der Waals surface area (Å²) >= 11 is 0. The second-order valence-corrected chi connectivity index (χ2v) is 7.84. The van der Waals surface area contributed by atoms with Crippen LogP contribution in [0.1, 0.15) is 11.3 Å². The molecule has 1 amide bonds. The molecule has 26 heavy (non-hydrogen) atoms. The number of carbonyl (C=O) groups is 1. The molecule has 0 fully saturated rings. The summed E-state index contributed by atoms with van der Waals surface area (Å²) in [6, 6.07) is 10.8. The van der Waals surface area contributed by atoms with Crippen LogP contribution in [0, 0.1) is 12.7 Å². The van der Waals surface area contributed by atoms with Crippen LogP contribution in [-0.2, 0) is 21.2 Å². The molecule has 3 aromatic rings. The van der Waals surface area contributed by atoms with Gasteiger partial charge in [-0.05, 0) is 55.0 Å². The zero-order valence-corrected chi connectivity index (χ0v) is 15.1. The molecule has 0 saturated heterocycles. The SMILES string of the molecule is Cc1[nH]c2ccc(F)cc2c1CC(=O)Nc1ccc(NS(C)(=O)=O)cc1. The number of halogens is 1. The minimum absolute atomic E-state index is 0.0959. The highest BCUT2D eigenvalue weighted by atomic mass is 32.2. The molecule has 2 aromatic carbocycles. The number of carbonyl (C=O) groups excluding carboxylic acids is 1. The zero-order chi connectivity index (χ0) is 18.9. The van der Waals surface area contributed by atoms with E-state index in [2.05, 4.69) is 15.0 Å².